The molecule has 1 aromatic rings. The van der Waals surface area contributed by atoms with Crippen LogP contribution in [0.5, 0.6) is 0 Å². The van der Waals surface area contributed by atoms with Gasteiger partial charge in [-0.1, -0.05) is 0 Å². The second kappa shape index (κ2) is 4.89. The lowest BCUT2D eigenvalue weighted by atomic mass is 9.97. The quantitative estimate of drug-likeness (QED) is 0.660. The molecule has 22 heavy (non-hydrogen) atoms. The molecule has 1 fully saturated rings. The van der Waals surface area contributed by atoms with Gasteiger partial charge in [-0.05, 0) is 19.1 Å². The van der Waals surface area contributed by atoms with Crippen LogP contribution < -0.4 is 5.73 Å². The van der Waals surface area contributed by atoms with Crippen molar-refractivity contribution in [2.75, 3.05) is 13.1 Å². The lowest BCUT2D eigenvalue weighted by molar-refractivity contribution is -0.388. The van der Waals surface area contributed by atoms with E-state index in [-0.39, 0.29) is 19.2 Å². The second-order valence-corrected chi connectivity index (χ2v) is 7.27. The lowest BCUT2D eigenvalue weighted by Gasteiger charge is -2.43. The van der Waals surface area contributed by atoms with Crippen molar-refractivity contribution in [3.05, 3.63) is 33.9 Å². The minimum absolute atomic E-state index is 0.0620. The van der Waals surface area contributed by atoms with E-state index < -0.39 is 42.8 Å². The van der Waals surface area contributed by atoms with Crippen molar-refractivity contribution < 1.29 is 26.5 Å². The van der Waals surface area contributed by atoms with Gasteiger partial charge in [0.1, 0.15) is 0 Å². The topological polar surface area (TPSA) is 107 Å². The summed E-state index contributed by atoms with van der Waals surface area (Å²) in [7, 11) is -4.27. The summed E-state index contributed by atoms with van der Waals surface area (Å²) in [4.78, 5) is 9.01. The third-order valence-electron chi connectivity index (χ3n) is 3.18. The highest BCUT2D eigenvalue weighted by Gasteiger charge is 2.45. The Labute approximate surface area is 123 Å². The number of rotatable bonds is 3. The molecule has 1 aromatic carbocycles. The molecule has 0 aliphatic carbocycles. The van der Waals surface area contributed by atoms with Crippen LogP contribution in [0, 0.1) is 10.1 Å². The first-order valence-electron chi connectivity index (χ1n) is 5.99. The fourth-order valence-electron chi connectivity index (χ4n) is 2.12. The smallest absolute Gasteiger partial charge is 0.323 e. The summed E-state index contributed by atoms with van der Waals surface area (Å²) in [6.45, 7) is 1.47. The van der Waals surface area contributed by atoms with Gasteiger partial charge in [0.05, 0.1) is 10.5 Å². The van der Waals surface area contributed by atoms with Crippen molar-refractivity contribution in [2.45, 2.75) is 23.5 Å². The van der Waals surface area contributed by atoms with E-state index in [9.17, 15) is 31.7 Å². The van der Waals surface area contributed by atoms with Gasteiger partial charge >= 0.3 is 6.18 Å². The zero-order valence-electron chi connectivity index (χ0n) is 11.3. The molecule has 0 unspecified atom stereocenters. The van der Waals surface area contributed by atoms with Gasteiger partial charge in [-0.3, -0.25) is 10.1 Å². The summed E-state index contributed by atoms with van der Waals surface area (Å²) < 4.78 is 63.2. The predicted molar refractivity (Wildman–Crippen MR) is 69.4 cm³/mol. The number of sulfonamides is 1. The van der Waals surface area contributed by atoms with Gasteiger partial charge < -0.3 is 5.73 Å². The molecule has 0 atom stereocenters. The molecular weight excluding hydrogens is 327 g/mol. The number of benzene rings is 1. The molecule has 2 rings (SSSR count). The van der Waals surface area contributed by atoms with Crippen LogP contribution in [0.2, 0.25) is 0 Å². The fraction of sp³-hybridized carbons (Fsp3) is 0.455. The Balaban J connectivity index is 2.50. The summed E-state index contributed by atoms with van der Waals surface area (Å²) in [5.41, 5.74) is 2.52. The maximum atomic E-state index is 12.6. The molecule has 7 nitrogen and oxygen atoms in total. The first-order chi connectivity index (χ1) is 9.84. The average molecular weight is 339 g/mol. The first kappa shape index (κ1) is 16.6. The molecule has 1 aliphatic rings. The van der Waals surface area contributed by atoms with E-state index in [4.69, 9.17) is 5.73 Å². The molecule has 11 heteroatoms. The zero-order chi connectivity index (χ0) is 16.9. The van der Waals surface area contributed by atoms with E-state index in [0.29, 0.717) is 12.1 Å². The van der Waals surface area contributed by atoms with Crippen molar-refractivity contribution in [1.29, 1.82) is 0 Å². The van der Waals surface area contributed by atoms with Crippen LogP contribution in [0.15, 0.2) is 23.1 Å². The highest BCUT2D eigenvalue weighted by atomic mass is 32.2. The number of nitrogens with two attached hydrogens (primary N) is 1. The number of hydrogen-bond donors (Lipinski definition) is 1. The third-order valence-corrected chi connectivity index (χ3v) is 5.01. The van der Waals surface area contributed by atoms with Crippen LogP contribution in [0.25, 0.3) is 0 Å². The largest absolute Gasteiger partial charge is 0.416 e. The molecule has 1 heterocycles. The second-order valence-electron chi connectivity index (χ2n) is 5.36. The highest BCUT2D eigenvalue weighted by molar-refractivity contribution is 7.89. The Bertz CT molecular complexity index is 723. The van der Waals surface area contributed by atoms with Crippen LogP contribution in [0.3, 0.4) is 0 Å². The molecule has 0 radical (unpaired) electrons. The minimum atomic E-state index is -4.81. The van der Waals surface area contributed by atoms with E-state index in [2.05, 4.69) is 0 Å². The standard InChI is InChI=1S/C11H12F3N3O4S/c1-10(15)5-16(6-10)22(20,21)9-3-2-7(11(12,13)14)4-8(9)17(18)19/h2-4H,5-6,15H2,1H3. The monoisotopic (exact) mass is 339 g/mol. The number of nitrogens with zero attached hydrogens (tertiary/aromatic N) is 2. The molecule has 0 saturated carbocycles. The van der Waals surface area contributed by atoms with Gasteiger partial charge in [0.15, 0.2) is 4.90 Å². The molecule has 0 bridgehead atoms. The molecule has 2 N–H and O–H groups in total. The summed E-state index contributed by atoms with van der Waals surface area (Å²) in [5, 5.41) is 10.9. The average Bonchev–Trinajstić information content (AvgIpc) is 2.33. The Kier molecular flexibility index (Phi) is 3.70. The predicted octanol–water partition coefficient (Wildman–Crippen LogP) is 1.34. The van der Waals surface area contributed by atoms with E-state index in [1.165, 1.54) is 0 Å². The highest BCUT2D eigenvalue weighted by Crippen LogP contribution is 2.36. The molecule has 1 aliphatic heterocycles. The van der Waals surface area contributed by atoms with Gasteiger partial charge in [-0.2, -0.15) is 17.5 Å². The number of nitro benzene ring substituents is 1. The minimum Gasteiger partial charge on any atom is -0.323 e. The van der Waals surface area contributed by atoms with Crippen molar-refractivity contribution in [2.24, 2.45) is 5.73 Å². The number of alkyl halides is 3. The molecular formula is C11H12F3N3O4S. The Morgan fingerprint density at radius 3 is 2.32 bits per heavy atom. The van der Waals surface area contributed by atoms with Crippen LogP contribution in [-0.4, -0.2) is 36.3 Å². The molecule has 0 spiro atoms. The zero-order valence-corrected chi connectivity index (χ0v) is 12.1. The number of hydrogen-bond acceptors (Lipinski definition) is 5. The van der Waals surface area contributed by atoms with Crippen LogP contribution in [0.4, 0.5) is 18.9 Å². The van der Waals surface area contributed by atoms with Crippen molar-refractivity contribution in [3.8, 4) is 0 Å². The van der Waals surface area contributed by atoms with Gasteiger partial charge in [0.25, 0.3) is 5.69 Å². The van der Waals surface area contributed by atoms with Crippen LogP contribution >= 0.6 is 0 Å². The van der Waals surface area contributed by atoms with Crippen molar-refractivity contribution in [1.82, 2.24) is 4.31 Å². The van der Waals surface area contributed by atoms with E-state index >= 15 is 0 Å². The first-order valence-corrected chi connectivity index (χ1v) is 7.43. The summed E-state index contributed by atoms with van der Waals surface area (Å²) >= 11 is 0. The molecule has 0 aromatic heterocycles. The summed E-state index contributed by atoms with van der Waals surface area (Å²) in [5.74, 6) is 0. The summed E-state index contributed by atoms with van der Waals surface area (Å²) in [6.07, 6.45) is -4.81. The normalized spacial score (nSPS) is 18.8. The van der Waals surface area contributed by atoms with E-state index in [1.54, 1.807) is 6.92 Å². The van der Waals surface area contributed by atoms with Gasteiger partial charge in [0.2, 0.25) is 10.0 Å². The third kappa shape index (κ3) is 2.91. The molecule has 122 valence electrons. The van der Waals surface area contributed by atoms with Crippen LogP contribution in [0.1, 0.15) is 12.5 Å². The number of nitro groups is 1. The van der Waals surface area contributed by atoms with Gasteiger partial charge in [0, 0.05) is 24.7 Å². The Hall–Kier alpha value is -1.72. The Morgan fingerprint density at radius 1 is 1.36 bits per heavy atom. The van der Waals surface area contributed by atoms with Gasteiger partial charge in [-0.25, -0.2) is 8.42 Å². The van der Waals surface area contributed by atoms with Crippen molar-refractivity contribution >= 4 is 15.7 Å². The van der Waals surface area contributed by atoms with E-state index in [0.717, 1.165) is 4.31 Å². The maximum absolute atomic E-state index is 12.6. The SMILES string of the molecule is CC1(N)CN(S(=O)(=O)c2ccc(C(F)(F)F)cc2[N+](=O)[O-])C1. The maximum Gasteiger partial charge on any atom is 0.416 e. The molecule has 1 saturated heterocycles. The van der Waals surface area contributed by atoms with E-state index in [1.807, 2.05) is 0 Å². The summed E-state index contributed by atoms with van der Waals surface area (Å²) in [6, 6.07) is 1.32. The molecule has 0 amide bonds. The lowest BCUT2D eigenvalue weighted by Crippen LogP contribution is -2.66. The van der Waals surface area contributed by atoms with Crippen LogP contribution in [-0.2, 0) is 16.2 Å². The van der Waals surface area contributed by atoms with Crippen molar-refractivity contribution in [3.63, 3.8) is 0 Å². The number of halogens is 3. The van der Waals surface area contributed by atoms with Gasteiger partial charge in [-0.15, -0.1) is 0 Å². The fourth-order valence-corrected chi connectivity index (χ4v) is 3.97. The Morgan fingerprint density at radius 2 is 1.91 bits per heavy atom.